The van der Waals surface area contributed by atoms with E-state index in [0.717, 1.165) is 11.8 Å². The molecule has 4 unspecified atom stereocenters. The molecule has 2 N–H and O–H groups in total. The molecule has 2 heteroatoms. The molecule has 0 amide bonds. The molecule has 1 spiro atoms. The smallest absolute Gasteiger partial charge is 0.0394 e. The maximum Gasteiger partial charge on any atom is 0.0394 e. The Morgan fingerprint density at radius 2 is 2.07 bits per heavy atom. The fraction of sp³-hybridized carbons (Fsp3) is 1.00. The van der Waals surface area contributed by atoms with Crippen molar-refractivity contribution in [3.63, 3.8) is 0 Å². The quantitative estimate of drug-likeness (QED) is 0.714. The van der Waals surface area contributed by atoms with Gasteiger partial charge in [-0.1, -0.05) is 6.42 Å². The highest BCUT2D eigenvalue weighted by Crippen LogP contribution is 2.57. The van der Waals surface area contributed by atoms with Crippen LogP contribution in [0.15, 0.2) is 0 Å². The summed E-state index contributed by atoms with van der Waals surface area (Å²) in [5.41, 5.74) is 6.86. The Labute approximate surface area is 93.2 Å². The second kappa shape index (κ2) is 3.21. The maximum absolute atomic E-state index is 6.45. The predicted molar refractivity (Wildman–Crippen MR) is 62.6 cm³/mol. The van der Waals surface area contributed by atoms with E-state index in [-0.39, 0.29) is 0 Å². The standard InChI is InChI=1S/C13H24N2/c1-9(2)15-6-5-12(14)13(15)8-10-3-4-11(13)7-10/h9-12H,3-8,14H2,1-2H3. The van der Waals surface area contributed by atoms with Gasteiger partial charge in [0.05, 0.1) is 0 Å². The third kappa shape index (κ3) is 1.18. The number of hydrogen-bond acceptors (Lipinski definition) is 2. The highest BCUT2D eigenvalue weighted by molar-refractivity contribution is 5.16. The van der Waals surface area contributed by atoms with Crippen LogP contribution in [0.1, 0.15) is 46.0 Å². The first kappa shape index (κ1) is 10.1. The second-order valence-electron chi connectivity index (χ2n) is 6.25. The first-order valence-corrected chi connectivity index (χ1v) is 6.67. The maximum atomic E-state index is 6.45. The molecule has 1 saturated heterocycles. The van der Waals surface area contributed by atoms with Crippen LogP contribution in [0.2, 0.25) is 0 Å². The zero-order valence-corrected chi connectivity index (χ0v) is 10.1. The number of nitrogens with zero attached hydrogens (tertiary/aromatic N) is 1. The molecule has 3 fully saturated rings. The number of rotatable bonds is 1. The first-order chi connectivity index (χ1) is 7.14. The fourth-order valence-electron chi connectivity index (χ4n) is 4.84. The molecule has 2 aliphatic carbocycles. The molecule has 15 heavy (non-hydrogen) atoms. The third-order valence-corrected chi connectivity index (χ3v) is 5.35. The minimum atomic E-state index is 0.414. The Kier molecular flexibility index (Phi) is 2.16. The van der Waals surface area contributed by atoms with Crippen molar-refractivity contribution in [3.05, 3.63) is 0 Å². The zero-order valence-electron chi connectivity index (χ0n) is 10.1. The Morgan fingerprint density at radius 3 is 2.60 bits per heavy atom. The molecule has 3 rings (SSSR count). The average Bonchev–Trinajstić information content (AvgIpc) is 2.83. The highest BCUT2D eigenvalue weighted by atomic mass is 15.3. The molecule has 2 bridgehead atoms. The van der Waals surface area contributed by atoms with Gasteiger partial charge in [-0.3, -0.25) is 4.90 Å². The van der Waals surface area contributed by atoms with Crippen LogP contribution >= 0.6 is 0 Å². The van der Waals surface area contributed by atoms with Crippen molar-refractivity contribution in [2.24, 2.45) is 17.6 Å². The molecule has 1 heterocycles. The van der Waals surface area contributed by atoms with Crippen molar-refractivity contribution in [2.75, 3.05) is 6.54 Å². The van der Waals surface area contributed by atoms with Crippen LogP contribution in [0.25, 0.3) is 0 Å². The van der Waals surface area contributed by atoms with Gasteiger partial charge in [-0.05, 0) is 51.4 Å². The van der Waals surface area contributed by atoms with Crippen LogP contribution in [0.5, 0.6) is 0 Å². The van der Waals surface area contributed by atoms with Crippen molar-refractivity contribution in [3.8, 4) is 0 Å². The predicted octanol–water partition coefficient (Wildman–Crippen LogP) is 1.99. The second-order valence-corrected chi connectivity index (χ2v) is 6.25. The lowest BCUT2D eigenvalue weighted by Gasteiger charge is -2.46. The molecule has 0 aromatic carbocycles. The van der Waals surface area contributed by atoms with Gasteiger partial charge >= 0.3 is 0 Å². The molecule has 0 radical (unpaired) electrons. The number of nitrogens with two attached hydrogens (primary N) is 1. The molecule has 1 aliphatic heterocycles. The van der Waals surface area contributed by atoms with E-state index in [9.17, 15) is 0 Å². The fourth-order valence-corrected chi connectivity index (χ4v) is 4.84. The van der Waals surface area contributed by atoms with Gasteiger partial charge in [0.2, 0.25) is 0 Å². The Balaban J connectivity index is 1.94. The summed E-state index contributed by atoms with van der Waals surface area (Å²) in [6.45, 7) is 5.92. The Hall–Kier alpha value is -0.0800. The average molecular weight is 208 g/mol. The van der Waals surface area contributed by atoms with E-state index in [1.54, 1.807) is 0 Å². The van der Waals surface area contributed by atoms with Gasteiger partial charge in [0, 0.05) is 24.2 Å². The first-order valence-electron chi connectivity index (χ1n) is 6.67. The molecule has 0 aromatic rings. The van der Waals surface area contributed by atoms with E-state index >= 15 is 0 Å². The van der Waals surface area contributed by atoms with Crippen molar-refractivity contribution >= 4 is 0 Å². The van der Waals surface area contributed by atoms with Crippen molar-refractivity contribution in [1.82, 2.24) is 4.90 Å². The lowest BCUT2D eigenvalue weighted by atomic mass is 9.76. The van der Waals surface area contributed by atoms with Gasteiger partial charge < -0.3 is 5.73 Å². The Morgan fingerprint density at radius 1 is 1.27 bits per heavy atom. The van der Waals surface area contributed by atoms with Crippen LogP contribution in [-0.2, 0) is 0 Å². The molecular weight excluding hydrogens is 184 g/mol. The van der Waals surface area contributed by atoms with E-state index in [1.165, 1.54) is 38.6 Å². The van der Waals surface area contributed by atoms with E-state index in [1.807, 2.05) is 0 Å². The van der Waals surface area contributed by atoms with Crippen LogP contribution in [-0.4, -0.2) is 29.1 Å². The normalized spacial score (nSPS) is 50.0. The van der Waals surface area contributed by atoms with Crippen LogP contribution in [0, 0.1) is 11.8 Å². The lowest BCUT2D eigenvalue weighted by molar-refractivity contribution is 0.0392. The highest BCUT2D eigenvalue weighted by Gasteiger charge is 2.59. The van der Waals surface area contributed by atoms with E-state index in [4.69, 9.17) is 5.73 Å². The summed E-state index contributed by atoms with van der Waals surface area (Å²) in [4.78, 5) is 2.74. The van der Waals surface area contributed by atoms with Crippen molar-refractivity contribution < 1.29 is 0 Å². The van der Waals surface area contributed by atoms with Gasteiger partial charge in [-0.2, -0.15) is 0 Å². The zero-order chi connectivity index (χ0) is 10.6. The SMILES string of the molecule is CC(C)N1CCC(N)C12CC1CCC2C1. The summed E-state index contributed by atoms with van der Waals surface area (Å²) in [7, 11) is 0. The van der Waals surface area contributed by atoms with Crippen molar-refractivity contribution in [2.45, 2.75) is 63.6 Å². The molecule has 2 nitrogen and oxygen atoms in total. The largest absolute Gasteiger partial charge is 0.326 e. The summed E-state index contributed by atoms with van der Waals surface area (Å²) >= 11 is 0. The van der Waals surface area contributed by atoms with Gasteiger partial charge in [0.1, 0.15) is 0 Å². The summed E-state index contributed by atoms with van der Waals surface area (Å²) in [5.74, 6) is 1.92. The van der Waals surface area contributed by atoms with Gasteiger partial charge in [0.15, 0.2) is 0 Å². The van der Waals surface area contributed by atoms with Crippen molar-refractivity contribution in [1.29, 1.82) is 0 Å². The van der Waals surface area contributed by atoms with E-state index < -0.39 is 0 Å². The van der Waals surface area contributed by atoms with E-state index in [2.05, 4.69) is 18.7 Å². The van der Waals surface area contributed by atoms with Crippen LogP contribution in [0.3, 0.4) is 0 Å². The van der Waals surface area contributed by atoms with E-state index in [0.29, 0.717) is 17.6 Å². The molecule has 86 valence electrons. The molecule has 3 aliphatic rings. The topological polar surface area (TPSA) is 29.3 Å². The number of fused-ring (bicyclic) bond motifs is 3. The van der Waals surface area contributed by atoms with Gasteiger partial charge in [-0.25, -0.2) is 0 Å². The number of likely N-dealkylation sites (tertiary alicyclic amines) is 1. The third-order valence-electron chi connectivity index (χ3n) is 5.35. The number of hydrogen-bond donors (Lipinski definition) is 1. The summed E-state index contributed by atoms with van der Waals surface area (Å²) in [6.07, 6.45) is 7.02. The summed E-state index contributed by atoms with van der Waals surface area (Å²) < 4.78 is 0. The van der Waals surface area contributed by atoms with Crippen LogP contribution < -0.4 is 5.73 Å². The molecule has 2 saturated carbocycles. The van der Waals surface area contributed by atoms with Gasteiger partial charge in [0.25, 0.3) is 0 Å². The summed E-state index contributed by atoms with van der Waals surface area (Å²) in [5, 5.41) is 0. The molecule has 4 atom stereocenters. The minimum absolute atomic E-state index is 0.414. The monoisotopic (exact) mass is 208 g/mol. The van der Waals surface area contributed by atoms with Crippen LogP contribution in [0.4, 0.5) is 0 Å². The molecular formula is C13H24N2. The Bertz CT molecular complexity index is 263. The minimum Gasteiger partial charge on any atom is -0.326 e. The summed E-state index contributed by atoms with van der Waals surface area (Å²) in [6, 6.07) is 1.13. The van der Waals surface area contributed by atoms with Gasteiger partial charge in [-0.15, -0.1) is 0 Å². The molecule has 0 aromatic heterocycles. The lowest BCUT2D eigenvalue weighted by Crippen LogP contribution is -2.58.